The van der Waals surface area contributed by atoms with Crippen molar-refractivity contribution in [2.45, 2.75) is 19.9 Å². The summed E-state index contributed by atoms with van der Waals surface area (Å²) < 4.78 is 5.12. The lowest BCUT2D eigenvalue weighted by molar-refractivity contribution is -0.132. The number of anilines is 1. The highest BCUT2D eigenvalue weighted by molar-refractivity contribution is 7.17. The Bertz CT molecular complexity index is 1310. The lowest BCUT2D eigenvalue weighted by Gasteiger charge is -2.23. The molecule has 1 saturated heterocycles. The van der Waals surface area contributed by atoms with Gasteiger partial charge in [-0.3, -0.25) is 14.5 Å². The van der Waals surface area contributed by atoms with E-state index >= 15 is 0 Å². The number of ether oxygens (including phenoxy) is 1. The minimum atomic E-state index is -0.914. The van der Waals surface area contributed by atoms with Crippen molar-refractivity contribution in [2.75, 3.05) is 11.5 Å². The first-order chi connectivity index (χ1) is 16.3. The number of amides is 1. The smallest absolute Gasteiger partial charge is 0.350 e. The molecular weight excluding hydrogens is 452 g/mol. The van der Waals surface area contributed by atoms with Crippen LogP contribution in [0, 0.1) is 13.8 Å². The molecule has 1 aliphatic rings. The van der Waals surface area contributed by atoms with Gasteiger partial charge in [0.1, 0.15) is 17.2 Å². The van der Waals surface area contributed by atoms with Crippen LogP contribution in [0.4, 0.5) is 5.13 Å². The number of carbonyl (C=O) groups excluding carboxylic acids is 3. The van der Waals surface area contributed by atoms with Crippen molar-refractivity contribution in [3.63, 3.8) is 0 Å². The van der Waals surface area contributed by atoms with Crippen LogP contribution < -0.4 is 4.90 Å². The van der Waals surface area contributed by atoms with Gasteiger partial charge in [-0.25, -0.2) is 9.78 Å². The molecule has 0 bridgehead atoms. The van der Waals surface area contributed by atoms with Gasteiger partial charge in [-0.05, 0) is 19.4 Å². The Kier molecular flexibility index (Phi) is 6.43. The fourth-order valence-corrected chi connectivity index (χ4v) is 4.71. The predicted molar refractivity (Wildman–Crippen MR) is 130 cm³/mol. The van der Waals surface area contributed by atoms with Crippen LogP contribution in [0.3, 0.4) is 0 Å². The maximum atomic E-state index is 13.2. The third-order valence-corrected chi connectivity index (χ3v) is 6.53. The topological polar surface area (TPSA) is 96.8 Å². The summed E-state index contributed by atoms with van der Waals surface area (Å²) in [6, 6.07) is 15.0. The minimum absolute atomic E-state index is 0.0382. The lowest BCUT2D eigenvalue weighted by Crippen LogP contribution is -2.29. The van der Waals surface area contributed by atoms with E-state index in [2.05, 4.69) is 11.6 Å². The van der Waals surface area contributed by atoms with Crippen LogP contribution in [0.15, 0.2) is 72.8 Å². The van der Waals surface area contributed by atoms with Gasteiger partial charge in [-0.1, -0.05) is 84.2 Å². The van der Waals surface area contributed by atoms with Gasteiger partial charge < -0.3 is 9.84 Å². The van der Waals surface area contributed by atoms with E-state index < -0.39 is 23.7 Å². The largest absolute Gasteiger partial charge is 0.507 e. The van der Waals surface area contributed by atoms with Gasteiger partial charge in [-0.2, -0.15) is 0 Å². The lowest BCUT2D eigenvalue weighted by atomic mass is 9.95. The summed E-state index contributed by atoms with van der Waals surface area (Å²) in [5.41, 5.74) is 2.39. The quantitative estimate of drug-likeness (QED) is 0.182. The number of nitrogens with zero attached hydrogens (tertiary/aromatic N) is 2. The number of thiazole rings is 1. The number of esters is 1. The van der Waals surface area contributed by atoms with Gasteiger partial charge in [0.15, 0.2) is 5.13 Å². The van der Waals surface area contributed by atoms with Gasteiger partial charge in [0, 0.05) is 5.56 Å². The number of benzene rings is 2. The van der Waals surface area contributed by atoms with E-state index in [1.165, 1.54) is 11.0 Å². The van der Waals surface area contributed by atoms with E-state index in [9.17, 15) is 19.5 Å². The molecule has 2 heterocycles. The molecule has 3 aromatic rings. The number of ketones is 1. The maximum Gasteiger partial charge on any atom is 0.350 e. The zero-order valence-corrected chi connectivity index (χ0v) is 19.5. The van der Waals surface area contributed by atoms with E-state index in [1.54, 1.807) is 49.4 Å². The van der Waals surface area contributed by atoms with Gasteiger partial charge in [0.25, 0.3) is 5.78 Å². The highest BCUT2D eigenvalue weighted by atomic mass is 32.1. The number of aryl methyl sites for hydroxylation is 2. The van der Waals surface area contributed by atoms with E-state index in [-0.39, 0.29) is 27.9 Å². The highest BCUT2D eigenvalue weighted by Gasteiger charge is 2.48. The third kappa shape index (κ3) is 4.15. The van der Waals surface area contributed by atoms with Gasteiger partial charge >= 0.3 is 11.9 Å². The average Bonchev–Trinajstić information content (AvgIpc) is 3.35. The molecule has 1 aliphatic heterocycles. The molecule has 0 radical (unpaired) electrons. The van der Waals surface area contributed by atoms with Crippen LogP contribution >= 0.6 is 11.3 Å². The summed E-state index contributed by atoms with van der Waals surface area (Å²) in [5.74, 6) is -2.52. The monoisotopic (exact) mass is 474 g/mol. The van der Waals surface area contributed by atoms with E-state index in [4.69, 9.17) is 4.74 Å². The molecular formula is C26H22N2O5S. The Hall–Kier alpha value is -4.04. The summed E-state index contributed by atoms with van der Waals surface area (Å²) in [7, 11) is 0. The van der Waals surface area contributed by atoms with E-state index in [1.807, 2.05) is 19.1 Å². The van der Waals surface area contributed by atoms with Crippen LogP contribution in [0.1, 0.15) is 38.1 Å². The Labute approximate surface area is 200 Å². The molecule has 1 unspecified atom stereocenters. The van der Waals surface area contributed by atoms with Crippen LogP contribution in [0.5, 0.6) is 0 Å². The molecule has 1 fully saturated rings. The zero-order valence-electron chi connectivity index (χ0n) is 18.6. The Morgan fingerprint density at radius 1 is 1.15 bits per heavy atom. The molecule has 172 valence electrons. The second-order valence-electron chi connectivity index (χ2n) is 7.74. The molecule has 1 aromatic heterocycles. The number of aromatic nitrogens is 1. The number of rotatable bonds is 6. The molecule has 2 aromatic carbocycles. The van der Waals surface area contributed by atoms with E-state index in [0.29, 0.717) is 16.8 Å². The first-order valence-corrected chi connectivity index (χ1v) is 11.3. The third-order valence-electron chi connectivity index (χ3n) is 5.39. The van der Waals surface area contributed by atoms with Gasteiger partial charge in [0.2, 0.25) is 0 Å². The second kappa shape index (κ2) is 9.44. The van der Waals surface area contributed by atoms with Crippen molar-refractivity contribution >= 4 is 39.9 Å². The molecule has 34 heavy (non-hydrogen) atoms. The molecule has 1 amide bonds. The van der Waals surface area contributed by atoms with Crippen LogP contribution in [-0.4, -0.2) is 34.4 Å². The van der Waals surface area contributed by atoms with Crippen molar-refractivity contribution in [3.05, 3.63) is 100 Å². The summed E-state index contributed by atoms with van der Waals surface area (Å²) >= 11 is 0.961. The van der Waals surface area contributed by atoms with Crippen LogP contribution in [-0.2, 0) is 14.3 Å². The normalized spacial score (nSPS) is 17.1. The summed E-state index contributed by atoms with van der Waals surface area (Å²) in [4.78, 5) is 44.7. The molecule has 0 aliphatic carbocycles. The molecule has 0 spiro atoms. The summed E-state index contributed by atoms with van der Waals surface area (Å²) in [6.45, 7) is 7.12. The molecule has 0 saturated carbocycles. The van der Waals surface area contributed by atoms with Gasteiger partial charge in [0.05, 0.1) is 17.3 Å². The second-order valence-corrected chi connectivity index (χ2v) is 8.72. The molecule has 1 atom stereocenters. The number of carbonyl (C=O) groups is 3. The van der Waals surface area contributed by atoms with Crippen molar-refractivity contribution < 1.29 is 24.2 Å². The highest BCUT2D eigenvalue weighted by Crippen LogP contribution is 2.43. The standard InChI is InChI=1S/C26H22N2O5S/c1-4-14-33-25(32)23-16(3)27-26(34-23)28-20(17-12-10-15(2)11-13-17)19(22(30)24(28)31)21(29)18-8-6-5-7-9-18/h4-13,20,29H,1,14H2,2-3H3/b21-19+. The molecule has 8 heteroatoms. The van der Waals surface area contributed by atoms with Crippen LogP contribution in [0.2, 0.25) is 0 Å². The fraction of sp³-hybridized carbons (Fsp3) is 0.154. The number of hydrogen-bond acceptors (Lipinski definition) is 7. The van der Waals surface area contributed by atoms with Crippen LogP contribution in [0.25, 0.3) is 5.76 Å². The first-order valence-electron chi connectivity index (χ1n) is 10.5. The SMILES string of the molecule is C=CCOC(=O)c1sc(N2C(=O)C(=O)/C(=C(/O)c3ccccc3)C2c2ccc(C)cc2)nc1C. The Morgan fingerprint density at radius 2 is 1.82 bits per heavy atom. The van der Waals surface area contributed by atoms with Gasteiger partial charge in [-0.15, -0.1) is 0 Å². The Morgan fingerprint density at radius 3 is 2.47 bits per heavy atom. The van der Waals surface area contributed by atoms with Crippen molar-refractivity contribution in [1.82, 2.24) is 4.98 Å². The predicted octanol–water partition coefficient (Wildman–Crippen LogP) is 4.73. The molecule has 4 rings (SSSR count). The minimum Gasteiger partial charge on any atom is -0.507 e. The number of aliphatic hydroxyl groups excluding tert-OH is 1. The summed E-state index contributed by atoms with van der Waals surface area (Å²) in [5, 5.41) is 11.3. The fourth-order valence-electron chi connectivity index (χ4n) is 3.72. The van der Waals surface area contributed by atoms with Crippen molar-refractivity contribution in [3.8, 4) is 0 Å². The van der Waals surface area contributed by atoms with Crippen molar-refractivity contribution in [2.24, 2.45) is 0 Å². The maximum absolute atomic E-state index is 13.2. The Balaban J connectivity index is 1.88. The number of aliphatic hydroxyl groups is 1. The molecule has 7 nitrogen and oxygen atoms in total. The summed E-state index contributed by atoms with van der Waals surface area (Å²) in [6.07, 6.45) is 1.45. The van der Waals surface area contributed by atoms with E-state index in [0.717, 1.165) is 16.9 Å². The van der Waals surface area contributed by atoms with Crippen molar-refractivity contribution in [1.29, 1.82) is 0 Å². The number of hydrogen-bond donors (Lipinski definition) is 1. The first kappa shape index (κ1) is 23.1. The molecule has 1 N–H and O–H groups in total. The zero-order chi connectivity index (χ0) is 24.4. The average molecular weight is 475 g/mol. The number of Topliss-reactive ketones (excluding diaryl/α,β-unsaturated/α-hetero) is 1.